The monoisotopic (exact) mass is 453 g/mol. The Balaban J connectivity index is 1.67. The molecule has 7 heteroatoms. The van der Waals surface area contributed by atoms with Gasteiger partial charge in [0.05, 0.1) is 18.0 Å². The van der Waals surface area contributed by atoms with Gasteiger partial charge in [0, 0.05) is 23.1 Å². The van der Waals surface area contributed by atoms with Gasteiger partial charge in [0.2, 0.25) is 5.91 Å². The molecule has 0 bridgehead atoms. The van der Waals surface area contributed by atoms with Crippen molar-refractivity contribution in [3.63, 3.8) is 0 Å². The normalized spacial score (nSPS) is 26.1. The molecule has 6 rings (SSSR count). The van der Waals surface area contributed by atoms with Crippen LogP contribution >= 0.6 is 0 Å². The minimum absolute atomic E-state index is 0.193. The molecule has 1 aromatic heterocycles. The summed E-state index contributed by atoms with van der Waals surface area (Å²) in [6, 6.07) is 15.1. The van der Waals surface area contributed by atoms with Crippen LogP contribution in [-0.4, -0.2) is 34.5 Å². The van der Waals surface area contributed by atoms with Crippen molar-refractivity contribution in [1.29, 1.82) is 0 Å². The molecular formula is C27H20FN3O3. The first-order valence-electron chi connectivity index (χ1n) is 11.1. The second-order valence-electron chi connectivity index (χ2n) is 8.90. The van der Waals surface area contributed by atoms with Crippen molar-refractivity contribution in [3.05, 3.63) is 95.6 Å². The molecule has 6 nitrogen and oxygen atoms in total. The molecule has 0 saturated carbocycles. The largest absolute Gasteiger partial charge is 0.352 e. The number of rotatable bonds is 3. The Morgan fingerprint density at radius 3 is 2.65 bits per heavy atom. The topological polar surface area (TPSA) is 79.4 Å². The van der Waals surface area contributed by atoms with Crippen molar-refractivity contribution in [2.45, 2.75) is 24.4 Å². The van der Waals surface area contributed by atoms with Gasteiger partial charge in [0.25, 0.3) is 0 Å². The molecule has 1 N–H and O–H groups in total. The van der Waals surface area contributed by atoms with Crippen molar-refractivity contribution in [1.82, 2.24) is 4.98 Å². The molecule has 0 aliphatic carbocycles. The summed E-state index contributed by atoms with van der Waals surface area (Å²) in [4.78, 5) is 47.3. The molecule has 1 spiro atoms. The molecular weight excluding hydrogens is 433 g/mol. The van der Waals surface area contributed by atoms with Crippen molar-refractivity contribution in [2.24, 2.45) is 5.92 Å². The van der Waals surface area contributed by atoms with E-state index in [1.807, 2.05) is 29.2 Å². The Kier molecular flexibility index (Phi) is 4.33. The number of amides is 1. The molecule has 1 fully saturated rings. The van der Waals surface area contributed by atoms with E-state index in [0.717, 1.165) is 0 Å². The highest BCUT2D eigenvalue weighted by Gasteiger charge is 2.70. The van der Waals surface area contributed by atoms with Gasteiger partial charge in [-0.2, -0.15) is 0 Å². The molecule has 3 aromatic rings. The lowest BCUT2D eigenvalue weighted by atomic mass is 9.64. The minimum atomic E-state index is -1.36. The summed E-state index contributed by atoms with van der Waals surface area (Å²) in [5, 5.41) is 2.95. The molecule has 4 atom stereocenters. The molecule has 3 aliphatic heterocycles. The first-order valence-corrected chi connectivity index (χ1v) is 11.1. The molecule has 1 saturated heterocycles. The van der Waals surface area contributed by atoms with Gasteiger partial charge >= 0.3 is 0 Å². The Morgan fingerprint density at radius 2 is 1.88 bits per heavy atom. The van der Waals surface area contributed by atoms with E-state index in [-0.39, 0.29) is 23.2 Å². The smallest absolute Gasteiger partial charge is 0.238 e. The van der Waals surface area contributed by atoms with E-state index in [2.05, 4.69) is 10.3 Å². The van der Waals surface area contributed by atoms with Crippen LogP contribution in [0.4, 0.5) is 15.8 Å². The van der Waals surface area contributed by atoms with E-state index < -0.39 is 29.2 Å². The van der Waals surface area contributed by atoms with Crippen molar-refractivity contribution >= 4 is 34.9 Å². The number of pyridine rings is 1. The second-order valence-corrected chi connectivity index (χ2v) is 8.90. The number of nitrogens with zero attached hydrogens (tertiary/aromatic N) is 2. The number of hydrogen-bond donors (Lipinski definition) is 1. The number of nitrogens with one attached hydrogen (secondary N) is 1. The summed E-state index contributed by atoms with van der Waals surface area (Å²) < 4.78 is 14.0. The van der Waals surface area contributed by atoms with Crippen LogP contribution in [0, 0.1) is 11.7 Å². The van der Waals surface area contributed by atoms with Crippen LogP contribution in [0.15, 0.2) is 72.9 Å². The van der Waals surface area contributed by atoms with Crippen LogP contribution in [0.2, 0.25) is 0 Å². The lowest BCUT2D eigenvalue weighted by Crippen LogP contribution is -2.51. The van der Waals surface area contributed by atoms with Gasteiger partial charge < -0.3 is 10.2 Å². The molecule has 4 heterocycles. The summed E-state index contributed by atoms with van der Waals surface area (Å²) in [5.41, 5.74) is 1.33. The second kappa shape index (κ2) is 7.18. The molecule has 1 amide bonds. The standard InChI is InChI=1S/C27H20FN3O3/c1-15(32)24-23(25(33)20-8-4-5-13-29-20)27(18-6-2-3-7-19(18)30-26(27)34)22-12-9-16-14-17(28)10-11-21(16)31(22)24/h2-14,22-24H,1H3,(H,30,34)/t22-,23-,24-,27+/m1/s1. The molecule has 3 aliphatic rings. The first kappa shape index (κ1) is 20.5. The third kappa shape index (κ3) is 2.55. The van der Waals surface area contributed by atoms with Crippen molar-refractivity contribution in [3.8, 4) is 0 Å². The van der Waals surface area contributed by atoms with E-state index in [9.17, 15) is 18.8 Å². The maximum atomic E-state index is 14.1. The van der Waals surface area contributed by atoms with Crippen LogP contribution in [0.5, 0.6) is 0 Å². The van der Waals surface area contributed by atoms with Crippen LogP contribution in [-0.2, 0) is 15.0 Å². The predicted octanol–water partition coefficient (Wildman–Crippen LogP) is 3.78. The highest BCUT2D eigenvalue weighted by molar-refractivity contribution is 6.16. The maximum Gasteiger partial charge on any atom is 0.238 e. The Bertz CT molecular complexity index is 1400. The number of fused-ring (bicyclic) bond motifs is 6. The molecule has 0 radical (unpaired) electrons. The van der Waals surface area contributed by atoms with Gasteiger partial charge in [-0.25, -0.2) is 4.39 Å². The number of Topliss-reactive ketones (excluding diaryl/α,β-unsaturated/α-hetero) is 2. The number of hydrogen-bond acceptors (Lipinski definition) is 5. The minimum Gasteiger partial charge on any atom is -0.352 e. The fourth-order valence-electron chi connectivity index (χ4n) is 5.97. The first-order chi connectivity index (χ1) is 16.4. The summed E-state index contributed by atoms with van der Waals surface area (Å²) >= 11 is 0. The lowest BCUT2D eigenvalue weighted by Gasteiger charge is -2.37. The highest BCUT2D eigenvalue weighted by Crippen LogP contribution is 2.57. The fraction of sp³-hybridized carbons (Fsp3) is 0.185. The maximum absolute atomic E-state index is 14.1. The Hall–Kier alpha value is -4.13. The van der Waals surface area contributed by atoms with Gasteiger partial charge in [0.15, 0.2) is 11.6 Å². The van der Waals surface area contributed by atoms with Gasteiger partial charge in [0.1, 0.15) is 16.9 Å². The van der Waals surface area contributed by atoms with Crippen molar-refractivity contribution in [2.75, 3.05) is 10.2 Å². The van der Waals surface area contributed by atoms with Gasteiger partial charge in [-0.05, 0) is 48.9 Å². The summed E-state index contributed by atoms with van der Waals surface area (Å²) in [6.45, 7) is 1.43. The summed E-state index contributed by atoms with van der Waals surface area (Å²) in [7, 11) is 0. The van der Waals surface area contributed by atoms with E-state index in [1.54, 1.807) is 36.4 Å². The molecule has 2 aromatic carbocycles. The predicted molar refractivity (Wildman–Crippen MR) is 125 cm³/mol. The van der Waals surface area contributed by atoms with Crippen LogP contribution in [0.1, 0.15) is 28.5 Å². The van der Waals surface area contributed by atoms with E-state index in [4.69, 9.17) is 0 Å². The fourth-order valence-corrected chi connectivity index (χ4v) is 5.97. The number of benzene rings is 2. The van der Waals surface area contributed by atoms with Crippen LogP contribution in [0.3, 0.4) is 0 Å². The summed E-state index contributed by atoms with van der Waals surface area (Å²) in [6.07, 6.45) is 5.09. The number of halogens is 1. The quantitative estimate of drug-likeness (QED) is 0.611. The number of ketones is 2. The van der Waals surface area contributed by atoms with E-state index >= 15 is 0 Å². The lowest BCUT2D eigenvalue weighted by molar-refractivity contribution is -0.122. The Morgan fingerprint density at radius 1 is 1.09 bits per heavy atom. The zero-order valence-electron chi connectivity index (χ0n) is 18.2. The average molecular weight is 453 g/mol. The molecule has 0 unspecified atom stereocenters. The van der Waals surface area contributed by atoms with Gasteiger partial charge in [-0.15, -0.1) is 0 Å². The SMILES string of the molecule is CC(=O)[C@@H]1[C@H](C(=O)c2ccccn2)[C@@]2(C(=O)Nc3ccccc32)[C@H]2C=Cc3cc(F)ccc3N12. The zero-order valence-corrected chi connectivity index (χ0v) is 18.2. The number of carbonyl (C=O) groups is 3. The molecule has 34 heavy (non-hydrogen) atoms. The Labute approximate surface area is 195 Å². The third-order valence-electron chi connectivity index (χ3n) is 7.21. The van der Waals surface area contributed by atoms with Gasteiger partial charge in [-0.3, -0.25) is 19.4 Å². The van der Waals surface area contributed by atoms with Crippen molar-refractivity contribution < 1.29 is 18.8 Å². The highest BCUT2D eigenvalue weighted by atomic mass is 19.1. The number of anilines is 2. The zero-order chi connectivity index (χ0) is 23.6. The van der Waals surface area contributed by atoms with Crippen LogP contribution < -0.4 is 10.2 Å². The van der Waals surface area contributed by atoms with E-state index in [0.29, 0.717) is 22.5 Å². The number of aromatic nitrogens is 1. The molecule has 168 valence electrons. The number of para-hydroxylation sites is 1. The third-order valence-corrected chi connectivity index (χ3v) is 7.21. The van der Waals surface area contributed by atoms with Crippen LogP contribution in [0.25, 0.3) is 6.08 Å². The van der Waals surface area contributed by atoms with Gasteiger partial charge in [-0.1, -0.05) is 36.4 Å². The summed E-state index contributed by atoms with van der Waals surface area (Å²) in [5.74, 6) is -2.40. The average Bonchev–Trinajstić information content (AvgIpc) is 3.32. The van der Waals surface area contributed by atoms with E-state index in [1.165, 1.54) is 25.3 Å². The number of carbonyl (C=O) groups excluding carboxylic acids is 3.